The van der Waals surface area contributed by atoms with Crippen molar-refractivity contribution in [2.45, 2.75) is 56.8 Å². The number of carbonyl (C=O) groups is 1. The molecule has 23 heavy (non-hydrogen) atoms. The molecule has 2 N–H and O–H groups in total. The molecule has 0 aromatic carbocycles. The number of nitrogens with zero attached hydrogens (tertiary/aromatic N) is 3. The van der Waals surface area contributed by atoms with Crippen molar-refractivity contribution < 1.29 is 4.79 Å². The van der Waals surface area contributed by atoms with Crippen molar-refractivity contribution in [3.05, 3.63) is 11.6 Å². The second-order valence-corrected chi connectivity index (χ2v) is 7.50. The SMILES string of the molecule is O=C(CN1CCC(c2nc(C3CC3)n[nH]2)CC1)NCC1CCC1. The second-order valence-electron chi connectivity index (χ2n) is 7.50. The predicted molar refractivity (Wildman–Crippen MR) is 87.1 cm³/mol. The van der Waals surface area contributed by atoms with Gasteiger partial charge in [-0.1, -0.05) is 6.42 Å². The lowest BCUT2D eigenvalue weighted by molar-refractivity contribution is -0.122. The number of aromatic nitrogens is 3. The summed E-state index contributed by atoms with van der Waals surface area (Å²) in [7, 11) is 0. The van der Waals surface area contributed by atoms with Crippen LogP contribution < -0.4 is 5.32 Å². The lowest BCUT2D eigenvalue weighted by Gasteiger charge is -2.31. The van der Waals surface area contributed by atoms with Gasteiger partial charge in [-0.3, -0.25) is 14.8 Å². The van der Waals surface area contributed by atoms with E-state index in [2.05, 4.69) is 25.4 Å². The minimum absolute atomic E-state index is 0.186. The summed E-state index contributed by atoms with van der Waals surface area (Å²) in [5, 5.41) is 10.6. The van der Waals surface area contributed by atoms with E-state index >= 15 is 0 Å². The van der Waals surface area contributed by atoms with Gasteiger partial charge in [0, 0.05) is 18.4 Å². The molecular weight excluding hydrogens is 290 g/mol. The average Bonchev–Trinajstić information content (AvgIpc) is 3.24. The van der Waals surface area contributed by atoms with Gasteiger partial charge in [0.05, 0.1) is 6.54 Å². The number of H-pyrrole nitrogens is 1. The first kappa shape index (κ1) is 15.1. The highest BCUT2D eigenvalue weighted by molar-refractivity contribution is 5.78. The molecule has 1 aromatic heterocycles. The quantitative estimate of drug-likeness (QED) is 0.839. The Morgan fingerprint density at radius 1 is 1.13 bits per heavy atom. The molecular formula is C17H27N5O. The Labute approximate surface area is 137 Å². The zero-order valence-corrected chi connectivity index (χ0v) is 13.8. The molecule has 6 nitrogen and oxygen atoms in total. The van der Waals surface area contributed by atoms with Crippen LogP contribution in [0.25, 0.3) is 0 Å². The highest BCUT2D eigenvalue weighted by atomic mass is 16.2. The molecule has 0 radical (unpaired) electrons. The molecule has 2 aliphatic carbocycles. The fraction of sp³-hybridized carbons (Fsp3) is 0.824. The number of aromatic amines is 1. The molecule has 1 amide bonds. The third-order valence-corrected chi connectivity index (χ3v) is 5.62. The fourth-order valence-electron chi connectivity index (χ4n) is 3.57. The van der Waals surface area contributed by atoms with Crippen LogP contribution in [0.3, 0.4) is 0 Å². The van der Waals surface area contributed by atoms with Gasteiger partial charge < -0.3 is 5.32 Å². The van der Waals surface area contributed by atoms with Crippen LogP contribution in [0.15, 0.2) is 0 Å². The molecule has 1 aliphatic heterocycles. The van der Waals surface area contributed by atoms with Gasteiger partial charge in [-0.25, -0.2) is 4.98 Å². The maximum Gasteiger partial charge on any atom is 0.234 e. The Bertz CT molecular complexity index is 541. The minimum atomic E-state index is 0.186. The third-order valence-electron chi connectivity index (χ3n) is 5.62. The molecule has 0 spiro atoms. The molecule has 1 saturated heterocycles. The standard InChI is InChI=1S/C17H27N5O/c23-15(18-10-12-2-1-3-12)11-22-8-6-14(7-9-22)17-19-16(20-21-17)13-4-5-13/h12-14H,1-11H2,(H,18,23)(H,19,20,21). The van der Waals surface area contributed by atoms with Crippen molar-refractivity contribution >= 4 is 5.91 Å². The van der Waals surface area contributed by atoms with Crippen LogP contribution in [-0.2, 0) is 4.79 Å². The molecule has 4 rings (SSSR count). The number of nitrogens with one attached hydrogen (secondary N) is 2. The number of likely N-dealkylation sites (tertiary alicyclic amines) is 1. The molecule has 0 bridgehead atoms. The first-order valence-electron chi connectivity index (χ1n) is 9.19. The normalized spacial score (nSPS) is 23.7. The van der Waals surface area contributed by atoms with Gasteiger partial charge in [0.25, 0.3) is 0 Å². The molecule has 2 heterocycles. The highest BCUT2D eigenvalue weighted by Gasteiger charge is 2.30. The first-order chi connectivity index (χ1) is 11.3. The Morgan fingerprint density at radius 3 is 2.57 bits per heavy atom. The van der Waals surface area contributed by atoms with Crippen LogP contribution in [-0.4, -0.2) is 52.2 Å². The first-order valence-corrected chi connectivity index (χ1v) is 9.19. The van der Waals surface area contributed by atoms with Gasteiger partial charge in [-0.15, -0.1) is 0 Å². The van der Waals surface area contributed by atoms with Crippen molar-refractivity contribution in [3.63, 3.8) is 0 Å². The van der Waals surface area contributed by atoms with Gasteiger partial charge in [0.2, 0.25) is 5.91 Å². The Hall–Kier alpha value is -1.43. The largest absolute Gasteiger partial charge is 0.355 e. The van der Waals surface area contributed by atoms with Crippen LogP contribution in [0.2, 0.25) is 0 Å². The minimum Gasteiger partial charge on any atom is -0.355 e. The van der Waals surface area contributed by atoms with Crippen LogP contribution >= 0.6 is 0 Å². The summed E-state index contributed by atoms with van der Waals surface area (Å²) in [5.74, 6) is 4.07. The second kappa shape index (κ2) is 6.59. The van der Waals surface area contributed by atoms with Crippen molar-refractivity contribution in [1.82, 2.24) is 25.4 Å². The molecule has 6 heteroatoms. The van der Waals surface area contributed by atoms with E-state index in [9.17, 15) is 4.79 Å². The summed E-state index contributed by atoms with van der Waals surface area (Å²) in [4.78, 5) is 19.0. The molecule has 3 fully saturated rings. The topological polar surface area (TPSA) is 73.9 Å². The van der Waals surface area contributed by atoms with Crippen LogP contribution in [0.1, 0.15) is 68.4 Å². The van der Waals surface area contributed by atoms with E-state index in [0.717, 1.165) is 50.0 Å². The Morgan fingerprint density at radius 2 is 1.91 bits per heavy atom. The summed E-state index contributed by atoms with van der Waals surface area (Å²) >= 11 is 0. The fourth-order valence-corrected chi connectivity index (χ4v) is 3.57. The third kappa shape index (κ3) is 3.74. The van der Waals surface area contributed by atoms with Crippen molar-refractivity contribution in [1.29, 1.82) is 0 Å². The van der Waals surface area contributed by atoms with E-state index in [-0.39, 0.29) is 5.91 Å². The lowest BCUT2D eigenvalue weighted by Crippen LogP contribution is -2.43. The van der Waals surface area contributed by atoms with Gasteiger partial charge in [-0.05, 0) is 57.5 Å². The van der Waals surface area contributed by atoms with Crippen LogP contribution in [0.5, 0.6) is 0 Å². The lowest BCUT2D eigenvalue weighted by atomic mass is 9.85. The summed E-state index contributed by atoms with van der Waals surface area (Å²) in [5.41, 5.74) is 0. The predicted octanol–water partition coefficient (Wildman–Crippen LogP) is 1.78. The molecule has 3 aliphatic rings. The maximum absolute atomic E-state index is 12.0. The van der Waals surface area contributed by atoms with E-state index in [0.29, 0.717) is 18.4 Å². The van der Waals surface area contributed by atoms with E-state index in [4.69, 9.17) is 0 Å². The van der Waals surface area contributed by atoms with Crippen LogP contribution in [0, 0.1) is 5.92 Å². The van der Waals surface area contributed by atoms with Gasteiger partial charge >= 0.3 is 0 Å². The number of hydrogen-bond donors (Lipinski definition) is 2. The van der Waals surface area contributed by atoms with E-state index in [1.165, 1.54) is 32.1 Å². The molecule has 1 aromatic rings. The van der Waals surface area contributed by atoms with E-state index < -0.39 is 0 Å². The highest BCUT2D eigenvalue weighted by Crippen LogP contribution is 2.38. The number of hydrogen-bond acceptors (Lipinski definition) is 4. The van der Waals surface area contributed by atoms with Crippen molar-refractivity contribution in [2.24, 2.45) is 5.92 Å². The van der Waals surface area contributed by atoms with E-state index in [1.807, 2.05) is 0 Å². The molecule has 126 valence electrons. The Kier molecular flexibility index (Phi) is 4.33. The number of amides is 1. The summed E-state index contributed by atoms with van der Waals surface area (Å²) in [6.07, 6.45) is 8.51. The summed E-state index contributed by atoms with van der Waals surface area (Å²) < 4.78 is 0. The van der Waals surface area contributed by atoms with Gasteiger partial charge in [0.15, 0.2) is 5.82 Å². The zero-order chi connectivity index (χ0) is 15.6. The Balaban J connectivity index is 1.19. The monoisotopic (exact) mass is 317 g/mol. The molecule has 2 saturated carbocycles. The van der Waals surface area contributed by atoms with Crippen molar-refractivity contribution in [2.75, 3.05) is 26.2 Å². The van der Waals surface area contributed by atoms with Gasteiger partial charge in [-0.2, -0.15) is 5.10 Å². The molecule has 0 atom stereocenters. The number of rotatable bonds is 6. The number of piperidine rings is 1. The zero-order valence-electron chi connectivity index (χ0n) is 13.8. The summed E-state index contributed by atoms with van der Waals surface area (Å²) in [6.45, 7) is 3.36. The average molecular weight is 317 g/mol. The maximum atomic E-state index is 12.0. The van der Waals surface area contributed by atoms with Crippen molar-refractivity contribution in [3.8, 4) is 0 Å². The number of carbonyl (C=O) groups excluding carboxylic acids is 1. The summed E-state index contributed by atoms with van der Waals surface area (Å²) in [6, 6.07) is 0. The smallest absolute Gasteiger partial charge is 0.234 e. The van der Waals surface area contributed by atoms with E-state index in [1.54, 1.807) is 0 Å². The van der Waals surface area contributed by atoms with Gasteiger partial charge in [0.1, 0.15) is 5.82 Å². The molecule has 0 unspecified atom stereocenters. The van der Waals surface area contributed by atoms with Crippen LogP contribution in [0.4, 0.5) is 0 Å².